The topological polar surface area (TPSA) is 23.6 Å². The minimum Gasteiger partial charge on any atom is -0.339 e. The van der Waals surface area contributed by atoms with E-state index in [0.717, 1.165) is 38.5 Å². The lowest BCUT2D eigenvalue weighted by atomic mass is 10.2. The third-order valence-corrected chi connectivity index (χ3v) is 4.56. The zero-order valence-electron chi connectivity index (χ0n) is 9.99. The second-order valence-electron chi connectivity index (χ2n) is 4.95. The van der Waals surface area contributed by atoms with Crippen LogP contribution in [0.5, 0.6) is 0 Å². The van der Waals surface area contributed by atoms with Gasteiger partial charge in [-0.2, -0.15) is 0 Å². The molecule has 16 heavy (non-hydrogen) atoms. The van der Waals surface area contributed by atoms with Crippen molar-refractivity contribution in [1.29, 1.82) is 0 Å². The Kier molecular flexibility index (Phi) is 4.25. The van der Waals surface area contributed by atoms with Crippen LogP contribution in [0.3, 0.4) is 0 Å². The third-order valence-electron chi connectivity index (χ3n) is 3.52. The summed E-state index contributed by atoms with van der Waals surface area (Å²) in [4.78, 5) is 16.5. The molecule has 1 heterocycles. The first-order valence-corrected chi connectivity index (χ1v) is 7.27. The molecular weight excluding hydrogens is 268 g/mol. The largest absolute Gasteiger partial charge is 0.339 e. The zero-order chi connectivity index (χ0) is 11.5. The highest BCUT2D eigenvalue weighted by Crippen LogP contribution is 2.29. The number of hydrogen-bond donors (Lipinski definition) is 0. The lowest BCUT2D eigenvalue weighted by molar-refractivity contribution is -0.132. The minimum absolute atomic E-state index is 0.0162. The van der Waals surface area contributed by atoms with Gasteiger partial charge < -0.3 is 4.90 Å². The number of rotatable bonds is 4. The fourth-order valence-electron chi connectivity index (χ4n) is 2.19. The predicted molar refractivity (Wildman–Crippen MR) is 68.8 cm³/mol. The van der Waals surface area contributed by atoms with E-state index in [2.05, 4.69) is 20.8 Å². The summed E-state index contributed by atoms with van der Waals surface area (Å²) in [6, 6.07) is 0. The number of amides is 1. The van der Waals surface area contributed by atoms with E-state index in [1.54, 1.807) is 0 Å². The van der Waals surface area contributed by atoms with E-state index in [9.17, 15) is 4.79 Å². The zero-order valence-corrected chi connectivity index (χ0v) is 11.6. The van der Waals surface area contributed by atoms with Crippen LogP contribution in [0, 0.1) is 5.92 Å². The average Bonchev–Trinajstić information content (AvgIpc) is 3.12. The highest BCUT2D eigenvalue weighted by Gasteiger charge is 2.28. The first kappa shape index (κ1) is 12.4. The number of piperazine rings is 1. The van der Waals surface area contributed by atoms with Crippen molar-refractivity contribution in [2.24, 2.45) is 5.92 Å². The van der Waals surface area contributed by atoms with Gasteiger partial charge in [0.2, 0.25) is 5.91 Å². The molecule has 0 aromatic carbocycles. The Labute approximate surface area is 106 Å². The maximum atomic E-state index is 11.9. The molecule has 4 heteroatoms. The predicted octanol–water partition coefficient (Wildman–Crippen LogP) is 1.71. The molecule has 0 aromatic heterocycles. The summed E-state index contributed by atoms with van der Waals surface area (Å²) in [6.45, 7) is 7.24. The quantitative estimate of drug-likeness (QED) is 0.736. The molecule has 3 nitrogen and oxygen atoms in total. The molecule has 1 saturated carbocycles. The van der Waals surface area contributed by atoms with Crippen molar-refractivity contribution in [3.63, 3.8) is 0 Å². The molecule has 1 unspecified atom stereocenters. The number of carbonyl (C=O) groups is 1. The van der Waals surface area contributed by atoms with Crippen molar-refractivity contribution in [2.75, 3.05) is 32.7 Å². The Morgan fingerprint density at radius 3 is 2.44 bits per heavy atom. The van der Waals surface area contributed by atoms with Crippen LogP contribution in [-0.4, -0.2) is 53.3 Å². The van der Waals surface area contributed by atoms with E-state index in [-0.39, 0.29) is 10.7 Å². The number of carbonyl (C=O) groups excluding carboxylic acids is 1. The Hall–Kier alpha value is -0.0900. The smallest absolute Gasteiger partial charge is 0.236 e. The van der Waals surface area contributed by atoms with E-state index in [1.165, 1.54) is 19.4 Å². The van der Waals surface area contributed by atoms with Gasteiger partial charge in [-0.25, -0.2) is 0 Å². The molecule has 2 aliphatic rings. The summed E-state index contributed by atoms with van der Waals surface area (Å²) in [6.07, 6.45) is 3.71. The van der Waals surface area contributed by atoms with Crippen LogP contribution in [0.1, 0.15) is 26.2 Å². The van der Waals surface area contributed by atoms with Gasteiger partial charge in [0.05, 0.1) is 4.83 Å². The van der Waals surface area contributed by atoms with Gasteiger partial charge in [0, 0.05) is 32.7 Å². The van der Waals surface area contributed by atoms with Crippen LogP contribution >= 0.6 is 15.9 Å². The highest BCUT2D eigenvalue weighted by molar-refractivity contribution is 9.10. The van der Waals surface area contributed by atoms with Crippen LogP contribution in [0.4, 0.5) is 0 Å². The number of hydrogen-bond acceptors (Lipinski definition) is 2. The summed E-state index contributed by atoms with van der Waals surface area (Å²) >= 11 is 3.44. The van der Waals surface area contributed by atoms with E-state index in [1.807, 2.05) is 11.8 Å². The molecule has 1 atom stereocenters. The molecule has 92 valence electrons. The molecule has 2 rings (SSSR count). The molecule has 0 radical (unpaired) electrons. The summed E-state index contributed by atoms with van der Waals surface area (Å²) in [5.41, 5.74) is 0. The normalized spacial score (nSPS) is 24.5. The summed E-state index contributed by atoms with van der Waals surface area (Å²) in [5.74, 6) is 1.23. The minimum atomic E-state index is 0.0162. The van der Waals surface area contributed by atoms with Crippen molar-refractivity contribution < 1.29 is 4.79 Å². The van der Waals surface area contributed by atoms with Gasteiger partial charge in [-0.05, 0) is 25.2 Å². The molecular formula is C12H21BrN2O. The van der Waals surface area contributed by atoms with Gasteiger partial charge >= 0.3 is 0 Å². The standard InChI is InChI=1S/C12H21BrN2O/c1-2-11(13)12(16)15-7-5-14(6-8-15)9-10-3-4-10/h10-11H,2-9H2,1H3. The maximum Gasteiger partial charge on any atom is 0.236 e. The SMILES string of the molecule is CCC(Br)C(=O)N1CCN(CC2CC2)CC1. The first-order chi connectivity index (χ1) is 7.70. The molecule has 0 N–H and O–H groups in total. The van der Waals surface area contributed by atoms with Crippen molar-refractivity contribution in [3.8, 4) is 0 Å². The van der Waals surface area contributed by atoms with Crippen LogP contribution in [0.25, 0.3) is 0 Å². The molecule has 2 fully saturated rings. The molecule has 0 spiro atoms. The average molecular weight is 289 g/mol. The van der Waals surface area contributed by atoms with E-state index < -0.39 is 0 Å². The van der Waals surface area contributed by atoms with Crippen molar-refractivity contribution in [1.82, 2.24) is 9.80 Å². The van der Waals surface area contributed by atoms with Crippen LogP contribution in [0.2, 0.25) is 0 Å². The molecule has 0 aromatic rings. The van der Waals surface area contributed by atoms with Gasteiger partial charge in [-0.15, -0.1) is 0 Å². The molecule has 0 bridgehead atoms. The second-order valence-corrected chi connectivity index (χ2v) is 6.05. The number of nitrogens with zero attached hydrogens (tertiary/aromatic N) is 2. The van der Waals surface area contributed by atoms with Crippen molar-refractivity contribution in [3.05, 3.63) is 0 Å². The summed E-state index contributed by atoms with van der Waals surface area (Å²) < 4.78 is 0. The van der Waals surface area contributed by atoms with E-state index in [0.29, 0.717) is 0 Å². The second kappa shape index (κ2) is 5.50. The lowest BCUT2D eigenvalue weighted by Crippen LogP contribution is -2.50. The fourth-order valence-corrected chi connectivity index (χ4v) is 2.48. The highest BCUT2D eigenvalue weighted by atomic mass is 79.9. The van der Waals surface area contributed by atoms with E-state index in [4.69, 9.17) is 0 Å². The van der Waals surface area contributed by atoms with Crippen LogP contribution in [0.15, 0.2) is 0 Å². The van der Waals surface area contributed by atoms with Gasteiger partial charge in [0.1, 0.15) is 0 Å². The maximum absolute atomic E-state index is 11.9. The van der Waals surface area contributed by atoms with Crippen molar-refractivity contribution >= 4 is 21.8 Å². The van der Waals surface area contributed by atoms with E-state index >= 15 is 0 Å². The fraction of sp³-hybridized carbons (Fsp3) is 0.917. The number of halogens is 1. The molecule has 1 aliphatic carbocycles. The van der Waals surface area contributed by atoms with Gasteiger partial charge in [-0.1, -0.05) is 22.9 Å². The molecule has 1 amide bonds. The first-order valence-electron chi connectivity index (χ1n) is 6.36. The van der Waals surface area contributed by atoms with Crippen LogP contribution < -0.4 is 0 Å². The Morgan fingerprint density at radius 2 is 1.94 bits per heavy atom. The number of alkyl halides is 1. The Balaban J connectivity index is 1.73. The Bertz CT molecular complexity index is 247. The third kappa shape index (κ3) is 3.20. The monoisotopic (exact) mass is 288 g/mol. The molecule has 1 aliphatic heterocycles. The summed E-state index contributed by atoms with van der Waals surface area (Å²) in [7, 11) is 0. The summed E-state index contributed by atoms with van der Waals surface area (Å²) in [5, 5.41) is 0. The van der Waals surface area contributed by atoms with Gasteiger partial charge in [-0.3, -0.25) is 9.69 Å². The van der Waals surface area contributed by atoms with Crippen LogP contribution in [-0.2, 0) is 4.79 Å². The van der Waals surface area contributed by atoms with Crippen molar-refractivity contribution in [2.45, 2.75) is 31.0 Å². The van der Waals surface area contributed by atoms with Gasteiger partial charge in [0.15, 0.2) is 0 Å². The van der Waals surface area contributed by atoms with Gasteiger partial charge in [0.25, 0.3) is 0 Å². The lowest BCUT2D eigenvalue weighted by Gasteiger charge is -2.35. The molecule has 1 saturated heterocycles. The Morgan fingerprint density at radius 1 is 1.31 bits per heavy atom.